The molecule has 2 amide bonds. The van der Waals surface area contributed by atoms with Crippen LogP contribution >= 0.6 is 0 Å². The van der Waals surface area contributed by atoms with Crippen molar-refractivity contribution in [2.24, 2.45) is 17.6 Å². The lowest BCUT2D eigenvalue weighted by Crippen LogP contribution is -2.37. The average molecular weight is 600 g/mol. The van der Waals surface area contributed by atoms with Crippen molar-refractivity contribution >= 4 is 23.6 Å². The van der Waals surface area contributed by atoms with E-state index in [1.807, 2.05) is 13.8 Å². The molecule has 6 atom stereocenters. The zero-order chi connectivity index (χ0) is 32.3. The summed E-state index contributed by atoms with van der Waals surface area (Å²) in [5, 5.41) is 16.8. The summed E-state index contributed by atoms with van der Waals surface area (Å²) >= 11 is 0. The highest BCUT2D eigenvalue weighted by Crippen LogP contribution is 2.28. The molecule has 0 fully saturated rings. The van der Waals surface area contributed by atoms with Gasteiger partial charge in [0.25, 0.3) is 5.91 Å². The number of aliphatic hydroxyl groups is 1. The highest BCUT2D eigenvalue weighted by molar-refractivity contribution is 6.23. The Bertz CT molecular complexity index is 1230. The molecule has 0 aromatic rings. The number of ketones is 2. The fourth-order valence-corrected chi connectivity index (χ4v) is 5.06. The van der Waals surface area contributed by atoms with Crippen LogP contribution in [0.15, 0.2) is 71.1 Å². The Labute approximate surface area is 253 Å². The standard InChI is InChI=1S/C32H45N3O8/c1-8-12-34-28-23-13-18(2)14-27(42-7)29(37)21(5)15-20(4)26(43-32(33)40)16-22(41-6)11-9-10-19(3)31(39)35-24(30(23)38)17-25(28)36/h8-11,15,17-18,21-22,26-27,29,34,37H,1,12-14,16H2,2-7H3,(H2,33,40)(H,35,39)/t18-,21+,22+,26-,27+,29-/m1/s1. The van der Waals surface area contributed by atoms with Crippen LogP contribution in [0.2, 0.25) is 0 Å². The number of fused-ring (bicyclic) bond motifs is 2. The van der Waals surface area contributed by atoms with Gasteiger partial charge < -0.3 is 35.7 Å². The van der Waals surface area contributed by atoms with Crippen LogP contribution in [0.3, 0.4) is 0 Å². The smallest absolute Gasteiger partial charge is 0.405 e. The normalized spacial score (nSPS) is 28.3. The van der Waals surface area contributed by atoms with Crippen molar-refractivity contribution in [1.82, 2.24) is 10.6 Å². The molecule has 236 valence electrons. The van der Waals surface area contributed by atoms with Crippen LogP contribution in [-0.4, -0.2) is 73.9 Å². The van der Waals surface area contributed by atoms with Crippen LogP contribution in [-0.2, 0) is 28.6 Å². The van der Waals surface area contributed by atoms with Crippen LogP contribution in [0.5, 0.6) is 0 Å². The first-order valence-electron chi connectivity index (χ1n) is 14.3. The number of primary amides is 1. The molecule has 2 rings (SSSR count). The van der Waals surface area contributed by atoms with E-state index in [4.69, 9.17) is 19.9 Å². The van der Waals surface area contributed by atoms with Crippen molar-refractivity contribution in [2.75, 3.05) is 20.8 Å². The molecule has 0 unspecified atom stereocenters. The molecule has 0 saturated carbocycles. The van der Waals surface area contributed by atoms with E-state index in [0.717, 1.165) is 6.08 Å². The SMILES string of the molecule is C=CCNC1=C2C[C@@H](C)C[C@H](OC)[C@H](O)[C@@H](C)C=C(C)[C@H](OC(N)=O)C[C@@H](OC)C=CC=C(C)C(=O)NC(=CC1=O)C2=O. The number of hydrogen-bond donors (Lipinski definition) is 4. The molecule has 1 aliphatic carbocycles. The van der Waals surface area contributed by atoms with E-state index in [2.05, 4.69) is 17.2 Å². The number of allylic oxidation sites excluding steroid dienone is 4. The zero-order valence-electron chi connectivity index (χ0n) is 25.8. The molecule has 1 aliphatic heterocycles. The van der Waals surface area contributed by atoms with Crippen LogP contribution in [0.4, 0.5) is 4.79 Å². The van der Waals surface area contributed by atoms with Gasteiger partial charge in [-0.3, -0.25) is 14.4 Å². The Balaban J connectivity index is 2.58. The first kappa shape index (κ1) is 35.4. The Morgan fingerprint density at radius 3 is 2.49 bits per heavy atom. The third-order valence-corrected chi connectivity index (χ3v) is 7.49. The number of aliphatic hydroxyl groups excluding tert-OH is 1. The van der Waals surface area contributed by atoms with Gasteiger partial charge in [0.1, 0.15) is 6.10 Å². The van der Waals surface area contributed by atoms with Gasteiger partial charge in [0.2, 0.25) is 11.6 Å². The third-order valence-electron chi connectivity index (χ3n) is 7.49. The molecule has 11 nitrogen and oxygen atoms in total. The number of hydrogen-bond acceptors (Lipinski definition) is 9. The summed E-state index contributed by atoms with van der Waals surface area (Å²) < 4.78 is 16.6. The Hall–Kier alpha value is -3.80. The number of Topliss-reactive ketones (excluding diaryl/α,β-unsaturated/α-hetero) is 1. The Morgan fingerprint density at radius 1 is 1.19 bits per heavy atom. The molecule has 1 heterocycles. The van der Waals surface area contributed by atoms with Gasteiger partial charge in [-0.05, 0) is 38.2 Å². The summed E-state index contributed by atoms with van der Waals surface area (Å²) in [6, 6.07) is 0. The molecule has 0 spiro atoms. The number of nitrogens with one attached hydrogen (secondary N) is 2. The van der Waals surface area contributed by atoms with Gasteiger partial charge in [-0.15, -0.1) is 6.58 Å². The van der Waals surface area contributed by atoms with E-state index in [-0.39, 0.29) is 47.8 Å². The van der Waals surface area contributed by atoms with E-state index in [1.165, 1.54) is 14.2 Å². The minimum Gasteiger partial charge on any atom is -0.442 e. The average Bonchev–Trinajstić information content (AvgIpc) is 2.95. The quantitative estimate of drug-likeness (QED) is 0.265. The van der Waals surface area contributed by atoms with Gasteiger partial charge >= 0.3 is 6.09 Å². The molecular formula is C32H45N3O8. The number of nitrogens with two attached hydrogens (primary N) is 1. The predicted octanol–water partition coefficient (Wildman–Crippen LogP) is 2.93. The van der Waals surface area contributed by atoms with Gasteiger partial charge in [0.15, 0.2) is 0 Å². The number of ether oxygens (including phenoxy) is 3. The molecule has 11 heteroatoms. The van der Waals surface area contributed by atoms with Crippen molar-refractivity contribution in [2.45, 2.75) is 71.4 Å². The van der Waals surface area contributed by atoms with Crippen LogP contribution < -0.4 is 16.4 Å². The first-order chi connectivity index (χ1) is 20.3. The summed E-state index contributed by atoms with van der Waals surface area (Å²) in [5.74, 6) is -2.07. The minimum atomic E-state index is -0.945. The van der Waals surface area contributed by atoms with Crippen LogP contribution in [0.1, 0.15) is 47.0 Å². The number of amides is 2. The second-order valence-corrected chi connectivity index (χ2v) is 11.0. The largest absolute Gasteiger partial charge is 0.442 e. The van der Waals surface area contributed by atoms with Crippen molar-refractivity contribution < 1.29 is 38.5 Å². The molecule has 0 aromatic carbocycles. The summed E-state index contributed by atoms with van der Waals surface area (Å²) in [4.78, 5) is 51.3. The van der Waals surface area contributed by atoms with Crippen molar-refractivity contribution in [3.63, 3.8) is 0 Å². The molecule has 5 N–H and O–H groups in total. The number of rotatable bonds is 6. The lowest BCUT2D eigenvalue weighted by atomic mass is 9.85. The molecule has 0 saturated heterocycles. The van der Waals surface area contributed by atoms with Crippen LogP contribution in [0.25, 0.3) is 0 Å². The number of methoxy groups -OCH3 is 2. The maximum absolute atomic E-state index is 13.6. The minimum absolute atomic E-state index is 0.119. The highest BCUT2D eigenvalue weighted by atomic mass is 16.6. The molecule has 0 aromatic heterocycles. The van der Waals surface area contributed by atoms with Gasteiger partial charge in [-0.25, -0.2) is 4.79 Å². The number of carbonyl (C=O) groups excluding carboxylic acids is 4. The molecular weight excluding hydrogens is 554 g/mol. The van der Waals surface area contributed by atoms with E-state index in [9.17, 15) is 24.3 Å². The summed E-state index contributed by atoms with van der Waals surface area (Å²) in [5.41, 5.74) is 6.56. The molecule has 2 aliphatic rings. The monoisotopic (exact) mass is 599 g/mol. The van der Waals surface area contributed by atoms with Crippen molar-refractivity contribution in [1.29, 1.82) is 0 Å². The Morgan fingerprint density at radius 2 is 1.88 bits per heavy atom. The van der Waals surface area contributed by atoms with Gasteiger partial charge in [0, 0.05) is 50.3 Å². The fourth-order valence-electron chi connectivity index (χ4n) is 5.06. The number of carbonyl (C=O) groups is 4. The van der Waals surface area contributed by atoms with Crippen molar-refractivity contribution in [3.8, 4) is 0 Å². The van der Waals surface area contributed by atoms with Gasteiger partial charge in [0.05, 0.1) is 29.7 Å². The van der Waals surface area contributed by atoms with E-state index in [0.29, 0.717) is 12.0 Å². The maximum Gasteiger partial charge on any atom is 0.405 e. The lowest BCUT2D eigenvalue weighted by Gasteiger charge is -2.29. The highest BCUT2D eigenvalue weighted by Gasteiger charge is 2.33. The van der Waals surface area contributed by atoms with Gasteiger partial charge in [-0.2, -0.15) is 0 Å². The second kappa shape index (κ2) is 16.7. The fraction of sp³-hybridized carbons (Fsp3) is 0.500. The molecule has 2 bridgehead atoms. The lowest BCUT2D eigenvalue weighted by molar-refractivity contribution is -0.120. The second-order valence-electron chi connectivity index (χ2n) is 11.0. The maximum atomic E-state index is 13.6. The van der Waals surface area contributed by atoms with E-state index in [1.54, 1.807) is 44.2 Å². The summed E-state index contributed by atoms with van der Waals surface area (Å²) in [7, 11) is 2.99. The van der Waals surface area contributed by atoms with Crippen molar-refractivity contribution in [3.05, 3.63) is 71.1 Å². The topological polar surface area (TPSA) is 166 Å². The summed E-state index contributed by atoms with van der Waals surface area (Å²) in [6.45, 7) is 11.0. The van der Waals surface area contributed by atoms with Crippen LogP contribution in [0, 0.1) is 11.8 Å². The third kappa shape index (κ3) is 10.2. The van der Waals surface area contributed by atoms with Gasteiger partial charge in [-0.1, -0.05) is 44.2 Å². The first-order valence-corrected chi connectivity index (χ1v) is 14.3. The summed E-state index contributed by atoms with van der Waals surface area (Å²) in [6.07, 6.45) is 6.36. The Kier molecular flexibility index (Phi) is 13.8. The predicted molar refractivity (Wildman–Crippen MR) is 162 cm³/mol. The molecule has 43 heavy (non-hydrogen) atoms. The van der Waals surface area contributed by atoms with E-state index < -0.39 is 53.9 Å². The van der Waals surface area contributed by atoms with E-state index >= 15 is 0 Å². The zero-order valence-corrected chi connectivity index (χ0v) is 25.8. The molecule has 0 radical (unpaired) electrons.